The van der Waals surface area contributed by atoms with Crippen molar-refractivity contribution in [2.45, 2.75) is 65.0 Å². The van der Waals surface area contributed by atoms with Crippen LogP contribution in [0.25, 0.3) is 0 Å². The molecular formula is C15H32N2O. The van der Waals surface area contributed by atoms with Crippen molar-refractivity contribution in [1.29, 1.82) is 0 Å². The lowest BCUT2D eigenvalue weighted by Crippen LogP contribution is -2.43. The maximum atomic E-state index is 9.36. The van der Waals surface area contributed by atoms with Crippen LogP contribution in [0.4, 0.5) is 0 Å². The first-order valence-corrected chi connectivity index (χ1v) is 7.61. The molecule has 0 bridgehead atoms. The summed E-state index contributed by atoms with van der Waals surface area (Å²) in [5.74, 6) is 0. The van der Waals surface area contributed by atoms with Gasteiger partial charge in [-0.05, 0) is 51.5 Å². The van der Waals surface area contributed by atoms with Crippen LogP contribution in [0, 0.1) is 5.41 Å². The minimum Gasteiger partial charge on any atom is -0.393 e. The minimum absolute atomic E-state index is 0.185. The molecule has 0 amide bonds. The third-order valence-corrected chi connectivity index (χ3v) is 4.38. The Morgan fingerprint density at radius 3 is 2.39 bits per heavy atom. The van der Waals surface area contributed by atoms with Crippen molar-refractivity contribution in [3.63, 3.8) is 0 Å². The van der Waals surface area contributed by atoms with Gasteiger partial charge in [0.05, 0.1) is 6.10 Å². The molecule has 0 aromatic heterocycles. The summed E-state index contributed by atoms with van der Waals surface area (Å²) in [4.78, 5) is 2.38. The van der Waals surface area contributed by atoms with Gasteiger partial charge in [-0.15, -0.1) is 0 Å². The van der Waals surface area contributed by atoms with Crippen LogP contribution in [0.1, 0.15) is 52.9 Å². The van der Waals surface area contributed by atoms with Crippen molar-refractivity contribution in [3.8, 4) is 0 Å². The van der Waals surface area contributed by atoms with E-state index >= 15 is 0 Å². The Balaban J connectivity index is 2.37. The van der Waals surface area contributed by atoms with Crippen LogP contribution in [0.3, 0.4) is 0 Å². The van der Waals surface area contributed by atoms with Crippen LogP contribution in [0.15, 0.2) is 0 Å². The zero-order valence-electron chi connectivity index (χ0n) is 12.7. The van der Waals surface area contributed by atoms with Crippen molar-refractivity contribution in [1.82, 2.24) is 10.2 Å². The first-order valence-electron chi connectivity index (χ1n) is 7.61. The monoisotopic (exact) mass is 256 g/mol. The molecule has 3 heteroatoms. The topological polar surface area (TPSA) is 35.5 Å². The Kier molecular flexibility index (Phi) is 6.61. The Morgan fingerprint density at radius 2 is 1.94 bits per heavy atom. The summed E-state index contributed by atoms with van der Waals surface area (Å²) in [6.07, 6.45) is 5.86. The number of hydrogen-bond acceptors (Lipinski definition) is 3. The Morgan fingerprint density at radius 1 is 1.33 bits per heavy atom. The van der Waals surface area contributed by atoms with Gasteiger partial charge in [0.1, 0.15) is 0 Å². The fraction of sp³-hybridized carbons (Fsp3) is 1.00. The van der Waals surface area contributed by atoms with E-state index in [1.807, 2.05) is 6.92 Å². The summed E-state index contributed by atoms with van der Waals surface area (Å²) in [5.41, 5.74) is 0.399. The van der Waals surface area contributed by atoms with Crippen molar-refractivity contribution >= 4 is 0 Å². The Hall–Kier alpha value is -0.120. The van der Waals surface area contributed by atoms with Crippen LogP contribution in [0.5, 0.6) is 0 Å². The van der Waals surface area contributed by atoms with Crippen molar-refractivity contribution in [2.24, 2.45) is 5.41 Å². The Bertz CT molecular complexity index is 223. The molecule has 18 heavy (non-hydrogen) atoms. The second-order valence-corrected chi connectivity index (χ2v) is 6.24. The van der Waals surface area contributed by atoms with E-state index < -0.39 is 0 Å². The zero-order valence-corrected chi connectivity index (χ0v) is 12.7. The normalized spacial score (nSPS) is 18.3. The van der Waals surface area contributed by atoms with Gasteiger partial charge in [0.15, 0.2) is 0 Å². The van der Waals surface area contributed by atoms with Gasteiger partial charge in [-0.1, -0.05) is 13.8 Å². The molecule has 108 valence electrons. The lowest BCUT2D eigenvalue weighted by Gasteiger charge is -2.36. The van der Waals surface area contributed by atoms with Gasteiger partial charge in [-0.25, -0.2) is 0 Å². The number of hydrogen-bond donors (Lipinski definition) is 2. The standard InChI is InChI=1S/C15H32N2O/c1-5-15(6-2,11-16-14-7-8-14)12-17(4)10-9-13(3)18/h13-14,16,18H,5-12H2,1-4H3. The first kappa shape index (κ1) is 15.9. The number of aliphatic hydroxyl groups is 1. The number of nitrogens with one attached hydrogen (secondary N) is 1. The molecule has 3 nitrogen and oxygen atoms in total. The minimum atomic E-state index is -0.185. The number of nitrogens with zero attached hydrogens (tertiary/aromatic N) is 1. The number of rotatable bonds is 10. The highest BCUT2D eigenvalue weighted by molar-refractivity contribution is 4.88. The maximum absolute atomic E-state index is 9.36. The third kappa shape index (κ3) is 5.68. The summed E-state index contributed by atoms with van der Waals surface area (Å²) in [5, 5.41) is 13.1. The molecule has 0 spiro atoms. The molecular weight excluding hydrogens is 224 g/mol. The average Bonchev–Trinajstić information content (AvgIpc) is 3.16. The second kappa shape index (κ2) is 7.46. The van der Waals surface area contributed by atoms with Gasteiger partial charge in [0, 0.05) is 25.7 Å². The smallest absolute Gasteiger partial charge is 0.0524 e. The first-order chi connectivity index (χ1) is 8.51. The summed E-state index contributed by atoms with van der Waals surface area (Å²) >= 11 is 0. The Labute approximate surface area is 113 Å². The summed E-state index contributed by atoms with van der Waals surface area (Å²) in [6, 6.07) is 0.797. The van der Waals surface area contributed by atoms with Gasteiger partial charge >= 0.3 is 0 Å². The molecule has 0 aromatic rings. The van der Waals surface area contributed by atoms with E-state index in [1.165, 1.54) is 25.7 Å². The van der Waals surface area contributed by atoms with E-state index in [2.05, 4.69) is 31.1 Å². The molecule has 2 N–H and O–H groups in total. The third-order valence-electron chi connectivity index (χ3n) is 4.38. The molecule has 1 aliphatic carbocycles. The van der Waals surface area contributed by atoms with E-state index in [4.69, 9.17) is 0 Å². The van der Waals surface area contributed by atoms with Gasteiger partial charge in [-0.3, -0.25) is 0 Å². The van der Waals surface area contributed by atoms with Crippen LogP contribution < -0.4 is 5.32 Å². The van der Waals surface area contributed by atoms with Crippen molar-refractivity contribution < 1.29 is 5.11 Å². The molecule has 1 atom stereocenters. The molecule has 1 fully saturated rings. The van der Waals surface area contributed by atoms with Gasteiger partial charge in [0.2, 0.25) is 0 Å². The largest absolute Gasteiger partial charge is 0.393 e. The van der Waals surface area contributed by atoms with Crippen LogP contribution >= 0.6 is 0 Å². The zero-order chi connectivity index (χ0) is 13.6. The second-order valence-electron chi connectivity index (χ2n) is 6.24. The van der Waals surface area contributed by atoms with E-state index in [9.17, 15) is 5.11 Å². The highest BCUT2D eigenvalue weighted by atomic mass is 16.3. The molecule has 1 aliphatic rings. The molecule has 0 radical (unpaired) electrons. The van der Waals surface area contributed by atoms with Crippen LogP contribution in [-0.2, 0) is 0 Å². The molecule has 0 heterocycles. The van der Waals surface area contributed by atoms with E-state index in [1.54, 1.807) is 0 Å². The lowest BCUT2D eigenvalue weighted by atomic mass is 9.81. The van der Waals surface area contributed by atoms with Gasteiger partial charge in [0.25, 0.3) is 0 Å². The van der Waals surface area contributed by atoms with Gasteiger partial charge < -0.3 is 15.3 Å². The number of aliphatic hydroxyl groups excluding tert-OH is 1. The van der Waals surface area contributed by atoms with Crippen molar-refractivity contribution in [2.75, 3.05) is 26.7 Å². The molecule has 1 saturated carbocycles. The quantitative estimate of drug-likeness (QED) is 0.629. The van der Waals surface area contributed by atoms with Crippen molar-refractivity contribution in [3.05, 3.63) is 0 Å². The summed E-state index contributed by atoms with van der Waals surface area (Å²) in [7, 11) is 2.18. The summed E-state index contributed by atoms with van der Waals surface area (Å²) in [6.45, 7) is 9.75. The fourth-order valence-electron chi connectivity index (χ4n) is 2.49. The molecule has 0 aromatic carbocycles. The lowest BCUT2D eigenvalue weighted by molar-refractivity contribution is 0.125. The molecule has 0 aliphatic heterocycles. The van der Waals surface area contributed by atoms with E-state index in [0.717, 1.165) is 32.1 Å². The molecule has 0 saturated heterocycles. The summed E-state index contributed by atoms with van der Waals surface area (Å²) < 4.78 is 0. The molecule has 1 unspecified atom stereocenters. The fourth-order valence-corrected chi connectivity index (χ4v) is 2.49. The highest BCUT2D eigenvalue weighted by Crippen LogP contribution is 2.29. The average molecular weight is 256 g/mol. The van der Waals surface area contributed by atoms with Crippen LogP contribution in [-0.4, -0.2) is 48.8 Å². The van der Waals surface area contributed by atoms with Crippen LogP contribution in [0.2, 0.25) is 0 Å². The predicted octanol–water partition coefficient (Wildman–Crippen LogP) is 2.25. The van der Waals surface area contributed by atoms with Gasteiger partial charge in [-0.2, -0.15) is 0 Å². The highest BCUT2D eigenvalue weighted by Gasteiger charge is 2.30. The maximum Gasteiger partial charge on any atom is 0.0524 e. The molecule has 1 rings (SSSR count). The van der Waals surface area contributed by atoms with E-state index in [-0.39, 0.29) is 6.10 Å². The predicted molar refractivity (Wildman–Crippen MR) is 77.8 cm³/mol. The van der Waals surface area contributed by atoms with E-state index in [0.29, 0.717) is 5.41 Å². The SMILES string of the molecule is CCC(CC)(CNC1CC1)CN(C)CCC(C)O.